The minimum absolute atomic E-state index is 0.0720. The SMILES string of the molecule is CC(CNC(=O)C(C)(C)C(N)=NO)CN1CCCC1. The summed E-state index contributed by atoms with van der Waals surface area (Å²) in [5, 5.41) is 14.5. The number of carbonyl (C=O) groups excluding carboxylic acids is 1. The number of nitrogens with two attached hydrogens (primary N) is 1. The third kappa shape index (κ3) is 4.38. The van der Waals surface area contributed by atoms with E-state index in [4.69, 9.17) is 10.9 Å². The molecule has 0 radical (unpaired) electrons. The van der Waals surface area contributed by atoms with Crippen LogP contribution >= 0.6 is 0 Å². The van der Waals surface area contributed by atoms with E-state index in [-0.39, 0.29) is 11.7 Å². The number of oxime groups is 1. The van der Waals surface area contributed by atoms with E-state index in [0.717, 1.165) is 19.6 Å². The van der Waals surface area contributed by atoms with Crippen molar-refractivity contribution in [1.29, 1.82) is 0 Å². The van der Waals surface area contributed by atoms with Crippen molar-refractivity contribution < 1.29 is 10.0 Å². The summed E-state index contributed by atoms with van der Waals surface area (Å²) in [7, 11) is 0. The summed E-state index contributed by atoms with van der Waals surface area (Å²) in [5.41, 5.74) is 4.54. The van der Waals surface area contributed by atoms with Crippen LogP contribution in [-0.4, -0.2) is 48.0 Å². The normalized spacial score (nSPS) is 19.4. The van der Waals surface area contributed by atoms with Crippen LogP contribution in [0.3, 0.4) is 0 Å². The van der Waals surface area contributed by atoms with E-state index in [9.17, 15) is 4.79 Å². The number of amides is 1. The van der Waals surface area contributed by atoms with Crippen molar-refractivity contribution >= 4 is 11.7 Å². The lowest BCUT2D eigenvalue weighted by Crippen LogP contribution is -2.47. The monoisotopic (exact) mass is 270 g/mol. The van der Waals surface area contributed by atoms with Gasteiger partial charge in [-0.3, -0.25) is 4.79 Å². The van der Waals surface area contributed by atoms with Crippen LogP contribution in [0.2, 0.25) is 0 Å². The second-order valence-corrected chi connectivity index (χ2v) is 5.93. The van der Waals surface area contributed by atoms with Gasteiger partial charge >= 0.3 is 0 Å². The van der Waals surface area contributed by atoms with Crippen LogP contribution in [0.1, 0.15) is 33.6 Å². The predicted octanol–water partition coefficient (Wildman–Crippen LogP) is 0.607. The van der Waals surface area contributed by atoms with Gasteiger partial charge in [0, 0.05) is 13.1 Å². The van der Waals surface area contributed by atoms with E-state index in [1.807, 2.05) is 0 Å². The van der Waals surface area contributed by atoms with Gasteiger partial charge in [-0.05, 0) is 45.7 Å². The molecule has 0 aromatic rings. The summed E-state index contributed by atoms with van der Waals surface area (Å²) >= 11 is 0. The van der Waals surface area contributed by atoms with Gasteiger partial charge < -0.3 is 21.2 Å². The molecule has 1 aliphatic rings. The number of likely N-dealkylation sites (tertiary alicyclic amines) is 1. The van der Waals surface area contributed by atoms with Gasteiger partial charge in [-0.1, -0.05) is 12.1 Å². The second kappa shape index (κ2) is 6.75. The standard InChI is InChI=1S/C13H26N4O2/c1-10(9-17-6-4-5-7-17)8-15-12(18)13(2,3)11(14)16-19/h10,19H,4-9H2,1-3H3,(H2,14,16)(H,15,18). The summed E-state index contributed by atoms with van der Waals surface area (Å²) in [6, 6.07) is 0. The van der Waals surface area contributed by atoms with Gasteiger partial charge in [0.05, 0.1) is 0 Å². The van der Waals surface area contributed by atoms with Crippen molar-refractivity contribution in [2.45, 2.75) is 33.6 Å². The van der Waals surface area contributed by atoms with Crippen LogP contribution in [-0.2, 0) is 4.79 Å². The molecule has 6 nitrogen and oxygen atoms in total. The molecule has 1 saturated heterocycles. The Kier molecular flexibility index (Phi) is 5.60. The van der Waals surface area contributed by atoms with Gasteiger partial charge in [0.1, 0.15) is 5.41 Å². The largest absolute Gasteiger partial charge is 0.409 e. The van der Waals surface area contributed by atoms with Gasteiger partial charge in [-0.2, -0.15) is 0 Å². The quantitative estimate of drug-likeness (QED) is 0.285. The molecule has 1 atom stereocenters. The second-order valence-electron chi connectivity index (χ2n) is 5.93. The highest BCUT2D eigenvalue weighted by molar-refractivity contribution is 6.05. The maximum atomic E-state index is 12.0. The smallest absolute Gasteiger partial charge is 0.233 e. The molecule has 0 spiro atoms. The van der Waals surface area contributed by atoms with E-state index in [1.165, 1.54) is 12.8 Å². The Labute approximate surface area is 115 Å². The number of nitrogens with zero attached hydrogens (tertiary/aromatic N) is 2. The topological polar surface area (TPSA) is 91.0 Å². The van der Waals surface area contributed by atoms with Crippen LogP contribution in [0, 0.1) is 11.3 Å². The van der Waals surface area contributed by atoms with Crippen molar-refractivity contribution in [2.75, 3.05) is 26.2 Å². The Morgan fingerprint density at radius 1 is 1.47 bits per heavy atom. The first-order valence-electron chi connectivity index (χ1n) is 6.86. The molecule has 6 heteroatoms. The van der Waals surface area contributed by atoms with Gasteiger partial charge in [-0.15, -0.1) is 0 Å². The number of hydrogen-bond donors (Lipinski definition) is 3. The van der Waals surface area contributed by atoms with Gasteiger partial charge in [0.25, 0.3) is 0 Å². The molecule has 19 heavy (non-hydrogen) atoms. The number of carbonyl (C=O) groups is 1. The minimum atomic E-state index is -0.984. The molecular weight excluding hydrogens is 244 g/mol. The molecular formula is C13H26N4O2. The van der Waals surface area contributed by atoms with Crippen LogP contribution in [0.5, 0.6) is 0 Å². The highest BCUT2D eigenvalue weighted by atomic mass is 16.4. The Hall–Kier alpha value is -1.30. The van der Waals surface area contributed by atoms with Crippen LogP contribution in [0.25, 0.3) is 0 Å². The summed E-state index contributed by atoms with van der Waals surface area (Å²) in [5.74, 6) is 0.110. The van der Waals surface area contributed by atoms with E-state index in [2.05, 4.69) is 22.3 Å². The molecule has 0 aliphatic carbocycles. The minimum Gasteiger partial charge on any atom is -0.409 e. The molecule has 110 valence electrons. The van der Waals surface area contributed by atoms with Gasteiger partial charge in [0.15, 0.2) is 5.84 Å². The van der Waals surface area contributed by atoms with Crippen molar-refractivity contribution in [3.63, 3.8) is 0 Å². The first-order valence-corrected chi connectivity index (χ1v) is 6.86. The summed E-state index contributed by atoms with van der Waals surface area (Å²) in [6.45, 7) is 9.34. The van der Waals surface area contributed by atoms with E-state index in [0.29, 0.717) is 12.5 Å². The molecule has 1 heterocycles. The van der Waals surface area contributed by atoms with Crippen molar-refractivity contribution in [3.8, 4) is 0 Å². The Bertz CT molecular complexity index is 336. The Balaban J connectivity index is 2.36. The molecule has 1 rings (SSSR count). The third-order valence-electron chi connectivity index (χ3n) is 3.70. The van der Waals surface area contributed by atoms with Crippen molar-refractivity contribution in [2.24, 2.45) is 22.2 Å². The fourth-order valence-electron chi connectivity index (χ4n) is 2.20. The Morgan fingerprint density at radius 3 is 2.58 bits per heavy atom. The van der Waals surface area contributed by atoms with E-state index < -0.39 is 5.41 Å². The van der Waals surface area contributed by atoms with Crippen LogP contribution in [0.4, 0.5) is 0 Å². The number of hydrogen-bond acceptors (Lipinski definition) is 4. The highest BCUT2D eigenvalue weighted by Gasteiger charge is 2.32. The predicted molar refractivity (Wildman–Crippen MR) is 75.0 cm³/mol. The molecule has 0 aromatic heterocycles. The fourth-order valence-corrected chi connectivity index (χ4v) is 2.20. The number of rotatable bonds is 6. The van der Waals surface area contributed by atoms with E-state index in [1.54, 1.807) is 13.8 Å². The summed E-state index contributed by atoms with van der Waals surface area (Å²) in [6.07, 6.45) is 2.55. The first kappa shape index (κ1) is 15.8. The lowest BCUT2D eigenvalue weighted by molar-refractivity contribution is -0.126. The first-order chi connectivity index (χ1) is 8.87. The zero-order valence-electron chi connectivity index (χ0n) is 12.1. The molecule has 0 aromatic carbocycles. The van der Waals surface area contributed by atoms with Gasteiger partial charge in [0.2, 0.25) is 5.91 Å². The van der Waals surface area contributed by atoms with Crippen LogP contribution in [0.15, 0.2) is 5.16 Å². The Morgan fingerprint density at radius 2 is 2.05 bits per heavy atom. The summed E-state index contributed by atoms with van der Waals surface area (Å²) < 4.78 is 0. The van der Waals surface area contributed by atoms with Crippen LogP contribution < -0.4 is 11.1 Å². The molecule has 0 bridgehead atoms. The highest BCUT2D eigenvalue weighted by Crippen LogP contribution is 2.15. The number of nitrogens with one attached hydrogen (secondary N) is 1. The van der Waals surface area contributed by atoms with Crippen molar-refractivity contribution in [1.82, 2.24) is 10.2 Å². The molecule has 1 unspecified atom stereocenters. The molecule has 1 fully saturated rings. The molecule has 4 N–H and O–H groups in total. The maximum Gasteiger partial charge on any atom is 0.233 e. The maximum absolute atomic E-state index is 12.0. The number of amidine groups is 1. The average Bonchev–Trinajstić information content (AvgIpc) is 2.87. The fraction of sp³-hybridized carbons (Fsp3) is 0.846. The molecule has 1 aliphatic heterocycles. The lowest BCUT2D eigenvalue weighted by atomic mass is 9.91. The zero-order chi connectivity index (χ0) is 14.5. The average molecular weight is 270 g/mol. The summed E-state index contributed by atoms with van der Waals surface area (Å²) in [4.78, 5) is 14.4. The lowest BCUT2D eigenvalue weighted by Gasteiger charge is -2.24. The molecule has 1 amide bonds. The van der Waals surface area contributed by atoms with Gasteiger partial charge in [-0.25, -0.2) is 0 Å². The van der Waals surface area contributed by atoms with Crippen molar-refractivity contribution in [3.05, 3.63) is 0 Å². The molecule has 0 saturated carbocycles. The van der Waals surface area contributed by atoms with E-state index >= 15 is 0 Å². The zero-order valence-corrected chi connectivity index (χ0v) is 12.1. The third-order valence-corrected chi connectivity index (χ3v) is 3.70.